The number of nitriles is 1. The highest BCUT2D eigenvalue weighted by molar-refractivity contribution is 5.55. The molecule has 4 nitrogen and oxygen atoms in total. The number of nitrogen functional groups attached to an aromatic ring is 1. The molecule has 0 aliphatic rings. The molecule has 0 amide bonds. The van der Waals surface area contributed by atoms with Crippen LogP contribution in [0.1, 0.15) is 39.1 Å². The minimum Gasteiger partial charge on any atom is -0.383 e. The van der Waals surface area contributed by atoms with Gasteiger partial charge in [-0.05, 0) is 19.1 Å². The molecule has 0 radical (unpaired) electrons. The second kappa shape index (κ2) is 7.29. The van der Waals surface area contributed by atoms with Crippen molar-refractivity contribution in [2.45, 2.75) is 34.6 Å². The van der Waals surface area contributed by atoms with Crippen molar-refractivity contribution in [3.05, 3.63) is 29.6 Å². The molecule has 2 rings (SSSR count). The lowest BCUT2D eigenvalue weighted by atomic mass is 10.3. The first-order valence-corrected chi connectivity index (χ1v) is 5.87. The SMILES string of the molecule is CC.CC.Cc1nc2cccc(C#N)n2c1N. The number of hydrogen-bond donors (Lipinski definition) is 1. The van der Waals surface area contributed by atoms with Crippen LogP contribution in [-0.2, 0) is 0 Å². The number of hydrogen-bond acceptors (Lipinski definition) is 3. The van der Waals surface area contributed by atoms with E-state index in [-0.39, 0.29) is 0 Å². The summed E-state index contributed by atoms with van der Waals surface area (Å²) in [5.41, 5.74) is 7.74. The summed E-state index contributed by atoms with van der Waals surface area (Å²) in [6.07, 6.45) is 0. The van der Waals surface area contributed by atoms with Gasteiger partial charge in [-0.1, -0.05) is 33.8 Å². The normalized spacial score (nSPS) is 8.47. The number of imidazole rings is 1. The largest absolute Gasteiger partial charge is 0.383 e. The van der Waals surface area contributed by atoms with Gasteiger partial charge < -0.3 is 5.73 Å². The fourth-order valence-corrected chi connectivity index (χ4v) is 1.32. The number of rotatable bonds is 0. The molecule has 2 heterocycles. The summed E-state index contributed by atoms with van der Waals surface area (Å²) >= 11 is 0. The Kier molecular flexibility index (Phi) is 6.42. The highest BCUT2D eigenvalue weighted by Crippen LogP contribution is 2.15. The Balaban J connectivity index is 0.000000581. The number of aromatic nitrogens is 2. The van der Waals surface area contributed by atoms with Gasteiger partial charge in [0.1, 0.15) is 23.2 Å². The average Bonchev–Trinajstić information content (AvgIpc) is 2.70. The van der Waals surface area contributed by atoms with E-state index in [0.29, 0.717) is 17.2 Å². The zero-order valence-electron chi connectivity index (χ0n) is 11.2. The molecule has 0 bridgehead atoms. The molecule has 4 heteroatoms. The van der Waals surface area contributed by atoms with E-state index in [0.717, 1.165) is 5.69 Å². The highest BCUT2D eigenvalue weighted by Gasteiger charge is 2.07. The van der Waals surface area contributed by atoms with Gasteiger partial charge in [0.2, 0.25) is 0 Å². The average molecular weight is 232 g/mol. The third kappa shape index (κ3) is 2.97. The van der Waals surface area contributed by atoms with Crippen LogP contribution >= 0.6 is 0 Å². The number of fused-ring (bicyclic) bond motifs is 1. The Hall–Kier alpha value is -2.02. The predicted octanol–water partition coefficient (Wildman–Crippen LogP) is 3.15. The van der Waals surface area contributed by atoms with E-state index in [4.69, 9.17) is 11.0 Å². The molecule has 2 aromatic heterocycles. The second-order valence-electron chi connectivity index (χ2n) is 2.80. The van der Waals surface area contributed by atoms with Crippen molar-refractivity contribution in [1.29, 1.82) is 5.26 Å². The maximum atomic E-state index is 8.82. The summed E-state index contributed by atoms with van der Waals surface area (Å²) in [6, 6.07) is 7.39. The van der Waals surface area contributed by atoms with Crippen LogP contribution in [0.15, 0.2) is 18.2 Å². The lowest BCUT2D eigenvalue weighted by Gasteiger charge is -1.97. The van der Waals surface area contributed by atoms with Crippen molar-refractivity contribution in [1.82, 2.24) is 9.38 Å². The first-order valence-electron chi connectivity index (χ1n) is 5.87. The van der Waals surface area contributed by atoms with E-state index < -0.39 is 0 Å². The molecule has 2 aromatic rings. The lowest BCUT2D eigenvalue weighted by Crippen LogP contribution is -1.97. The van der Waals surface area contributed by atoms with E-state index in [1.807, 2.05) is 40.7 Å². The Bertz CT molecular complexity index is 506. The fraction of sp³-hybridized carbons (Fsp3) is 0.385. The summed E-state index contributed by atoms with van der Waals surface area (Å²) in [6.45, 7) is 9.82. The van der Waals surface area contributed by atoms with Crippen LogP contribution < -0.4 is 5.73 Å². The summed E-state index contributed by atoms with van der Waals surface area (Å²) in [5, 5.41) is 8.82. The zero-order chi connectivity index (χ0) is 13.4. The molecule has 0 spiro atoms. The van der Waals surface area contributed by atoms with Gasteiger partial charge in [0.15, 0.2) is 0 Å². The van der Waals surface area contributed by atoms with Gasteiger partial charge in [-0.2, -0.15) is 5.26 Å². The third-order valence-corrected chi connectivity index (χ3v) is 1.98. The topological polar surface area (TPSA) is 67.1 Å². The van der Waals surface area contributed by atoms with Crippen LogP contribution in [-0.4, -0.2) is 9.38 Å². The van der Waals surface area contributed by atoms with Gasteiger partial charge in [0.05, 0.1) is 5.69 Å². The van der Waals surface area contributed by atoms with Crippen molar-refractivity contribution >= 4 is 11.5 Å². The Morgan fingerprint density at radius 3 is 2.35 bits per heavy atom. The predicted molar refractivity (Wildman–Crippen MR) is 71.8 cm³/mol. The smallest absolute Gasteiger partial charge is 0.139 e. The molecular formula is C13H20N4. The molecule has 0 atom stereocenters. The van der Waals surface area contributed by atoms with Crippen LogP contribution in [0.3, 0.4) is 0 Å². The van der Waals surface area contributed by atoms with E-state index in [1.54, 1.807) is 16.5 Å². The molecule has 0 aromatic carbocycles. The molecule has 0 saturated carbocycles. The van der Waals surface area contributed by atoms with Gasteiger partial charge in [0, 0.05) is 0 Å². The molecule has 17 heavy (non-hydrogen) atoms. The summed E-state index contributed by atoms with van der Waals surface area (Å²) in [5.74, 6) is 0.534. The first-order chi connectivity index (χ1) is 8.24. The Morgan fingerprint density at radius 1 is 1.24 bits per heavy atom. The van der Waals surface area contributed by atoms with Gasteiger partial charge in [0.25, 0.3) is 0 Å². The van der Waals surface area contributed by atoms with Crippen LogP contribution in [0.25, 0.3) is 5.65 Å². The molecule has 0 aliphatic carbocycles. The quantitative estimate of drug-likeness (QED) is 0.758. The van der Waals surface area contributed by atoms with Crippen molar-refractivity contribution in [2.75, 3.05) is 5.73 Å². The number of anilines is 1. The number of aryl methyl sites for hydroxylation is 1. The van der Waals surface area contributed by atoms with E-state index in [1.165, 1.54) is 0 Å². The van der Waals surface area contributed by atoms with Crippen LogP contribution in [0, 0.1) is 18.3 Å². The monoisotopic (exact) mass is 232 g/mol. The Labute approximate surface area is 103 Å². The molecular weight excluding hydrogens is 212 g/mol. The standard InChI is InChI=1S/C9H8N4.2C2H6/c1-6-9(11)13-7(5-10)3-2-4-8(13)12-6;2*1-2/h2-4H,11H2,1H3;2*1-2H3. The second-order valence-corrected chi connectivity index (χ2v) is 2.80. The molecule has 92 valence electrons. The Morgan fingerprint density at radius 2 is 1.82 bits per heavy atom. The van der Waals surface area contributed by atoms with Gasteiger partial charge in [-0.3, -0.25) is 4.40 Å². The van der Waals surface area contributed by atoms with Gasteiger partial charge in [-0.25, -0.2) is 4.98 Å². The molecule has 0 saturated heterocycles. The summed E-state index contributed by atoms with van der Waals surface area (Å²) in [7, 11) is 0. The molecule has 0 aliphatic heterocycles. The molecule has 0 unspecified atom stereocenters. The van der Waals surface area contributed by atoms with Gasteiger partial charge >= 0.3 is 0 Å². The minimum absolute atomic E-state index is 0.510. The van der Waals surface area contributed by atoms with Crippen molar-refractivity contribution in [3.63, 3.8) is 0 Å². The molecule has 0 fully saturated rings. The first kappa shape index (κ1) is 15.0. The maximum absolute atomic E-state index is 8.82. The van der Waals surface area contributed by atoms with Crippen molar-refractivity contribution < 1.29 is 0 Å². The number of nitrogens with two attached hydrogens (primary N) is 1. The lowest BCUT2D eigenvalue weighted by molar-refractivity contribution is 1.15. The van der Waals surface area contributed by atoms with E-state index in [9.17, 15) is 0 Å². The minimum atomic E-state index is 0.510. The van der Waals surface area contributed by atoms with Crippen molar-refractivity contribution in [2.24, 2.45) is 0 Å². The summed E-state index contributed by atoms with van der Waals surface area (Å²) < 4.78 is 1.65. The van der Waals surface area contributed by atoms with E-state index >= 15 is 0 Å². The van der Waals surface area contributed by atoms with Gasteiger partial charge in [-0.15, -0.1) is 0 Å². The summed E-state index contributed by atoms with van der Waals surface area (Å²) in [4.78, 5) is 4.21. The van der Waals surface area contributed by atoms with Crippen molar-refractivity contribution in [3.8, 4) is 6.07 Å². The number of pyridine rings is 1. The third-order valence-electron chi connectivity index (χ3n) is 1.98. The maximum Gasteiger partial charge on any atom is 0.139 e. The van der Waals surface area contributed by atoms with Crippen LogP contribution in [0.4, 0.5) is 5.82 Å². The van der Waals surface area contributed by atoms with E-state index in [2.05, 4.69) is 11.1 Å². The van der Waals surface area contributed by atoms with Crippen LogP contribution in [0.2, 0.25) is 0 Å². The highest BCUT2D eigenvalue weighted by atomic mass is 15.1. The number of nitrogens with zero attached hydrogens (tertiary/aromatic N) is 3. The fourth-order valence-electron chi connectivity index (χ4n) is 1.32. The molecule has 2 N–H and O–H groups in total. The van der Waals surface area contributed by atoms with Crippen LogP contribution in [0.5, 0.6) is 0 Å². The zero-order valence-corrected chi connectivity index (χ0v) is 11.2.